The van der Waals surface area contributed by atoms with E-state index in [0.717, 1.165) is 6.42 Å². The Morgan fingerprint density at radius 2 is 1.65 bits per heavy atom. The van der Waals surface area contributed by atoms with E-state index in [1.165, 1.54) is 6.07 Å². The molecule has 1 unspecified atom stereocenters. The molecule has 1 atom stereocenters. The third-order valence-electron chi connectivity index (χ3n) is 2.90. The minimum Gasteiger partial charge on any atom is -0.490 e. The lowest BCUT2D eigenvalue weighted by Gasteiger charge is -2.16. The molecule has 1 aromatic rings. The van der Waals surface area contributed by atoms with Crippen molar-refractivity contribution in [3.8, 4) is 23.3 Å². The molecule has 0 radical (unpaired) electrons. The zero-order chi connectivity index (χ0) is 15.0. The van der Waals surface area contributed by atoms with Crippen molar-refractivity contribution in [1.29, 1.82) is 0 Å². The number of halogens is 1. The first-order valence-electron chi connectivity index (χ1n) is 7.18. The van der Waals surface area contributed by atoms with Crippen LogP contribution < -0.4 is 9.47 Å². The van der Waals surface area contributed by atoms with E-state index in [2.05, 4.69) is 11.8 Å². The summed E-state index contributed by atoms with van der Waals surface area (Å²) >= 11 is 0. The second-order valence-electron chi connectivity index (χ2n) is 4.50. The van der Waals surface area contributed by atoms with Crippen molar-refractivity contribution in [2.45, 2.75) is 46.5 Å². The monoisotopic (exact) mass is 278 g/mol. The van der Waals surface area contributed by atoms with Crippen LogP contribution in [0.1, 0.15) is 52.0 Å². The van der Waals surface area contributed by atoms with Crippen LogP contribution in [0.3, 0.4) is 0 Å². The zero-order valence-corrected chi connectivity index (χ0v) is 12.8. The van der Waals surface area contributed by atoms with Crippen LogP contribution in [0.5, 0.6) is 11.5 Å². The van der Waals surface area contributed by atoms with Gasteiger partial charge in [-0.05, 0) is 31.4 Å². The molecule has 0 aliphatic carbocycles. The second-order valence-corrected chi connectivity index (χ2v) is 4.50. The number of hydrogen-bond donors (Lipinski definition) is 0. The van der Waals surface area contributed by atoms with E-state index in [1.807, 2.05) is 27.7 Å². The molecular weight excluding hydrogens is 255 g/mol. The van der Waals surface area contributed by atoms with Crippen molar-refractivity contribution in [2.75, 3.05) is 13.2 Å². The molecule has 20 heavy (non-hydrogen) atoms. The molecule has 0 bridgehead atoms. The molecule has 0 fully saturated rings. The Morgan fingerprint density at radius 1 is 1.05 bits per heavy atom. The minimum absolute atomic E-state index is 0.0314. The Hall–Kier alpha value is -1.69. The van der Waals surface area contributed by atoms with Crippen molar-refractivity contribution >= 4 is 0 Å². The van der Waals surface area contributed by atoms with Gasteiger partial charge >= 0.3 is 0 Å². The lowest BCUT2D eigenvalue weighted by atomic mass is 9.97. The molecule has 0 saturated carbocycles. The highest BCUT2D eigenvalue weighted by atomic mass is 19.1. The predicted octanol–water partition coefficient (Wildman–Crippen LogP) is 4.53. The highest BCUT2D eigenvalue weighted by molar-refractivity contribution is 5.45. The maximum Gasteiger partial charge on any atom is 0.164 e. The Morgan fingerprint density at radius 3 is 2.20 bits per heavy atom. The van der Waals surface area contributed by atoms with Gasteiger partial charge in [0, 0.05) is 18.9 Å². The largest absolute Gasteiger partial charge is 0.490 e. The van der Waals surface area contributed by atoms with Crippen LogP contribution in [-0.4, -0.2) is 13.2 Å². The van der Waals surface area contributed by atoms with Gasteiger partial charge in [-0.1, -0.05) is 13.8 Å². The van der Waals surface area contributed by atoms with Gasteiger partial charge in [0.1, 0.15) is 5.82 Å². The summed E-state index contributed by atoms with van der Waals surface area (Å²) in [7, 11) is 0. The molecule has 0 spiro atoms. The minimum atomic E-state index is -0.261. The van der Waals surface area contributed by atoms with Gasteiger partial charge in [0.15, 0.2) is 11.5 Å². The van der Waals surface area contributed by atoms with Crippen LogP contribution >= 0.6 is 0 Å². The average molecular weight is 278 g/mol. The fraction of sp³-hybridized carbons (Fsp3) is 0.529. The van der Waals surface area contributed by atoms with E-state index >= 15 is 0 Å². The van der Waals surface area contributed by atoms with Crippen LogP contribution in [-0.2, 0) is 0 Å². The first-order chi connectivity index (χ1) is 9.63. The topological polar surface area (TPSA) is 18.5 Å². The molecule has 110 valence electrons. The SMILES string of the molecule is CCC#CCC(C)c1cc(OCC)c(OCC)cc1F. The maximum atomic E-state index is 14.2. The van der Waals surface area contributed by atoms with Gasteiger partial charge in [0.25, 0.3) is 0 Å². The summed E-state index contributed by atoms with van der Waals surface area (Å²) in [5, 5.41) is 0. The van der Waals surface area contributed by atoms with Crippen LogP contribution in [0.2, 0.25) is 0 Å². The van der Waals surface area contributed by atoms with Crippen molar-refractivity contribution < 1.29 is 13.9 Å². The molecule has 0 aliphatic rings. The fourth-order valence-corrected chi connectivity index (χ4v) is 1.93. The third kappa shape index (κ3) is 4.45. The molecule has 1 rings (SSSR count). The zero-order valence-electron chi connectivity index (χ0n) is 12.8. The van der Waals surface area contributed by atoms with E-state index < -0.39 is 0 Å². The lowest BCUT2D eigenvalue weighted by Crippen LogP contribution is -2.03. The summed E-state index contributed by atoms with van der Waals surface area (Å²) in [4.78, 5) is 0. The predicted molar refractivity (Wildman–Crippen MR) is 79.8 cm³/mol. The Labute approximate surface area is 121 Å². The smallest absolute Gasteiger partial charge is 0.164 e. The van der Waals surface area contributed by atoms with Crippen LogP contribution in [0, 0.1) is 17.7 Å². The summed E-state index contributed by atoms with van der Waals surface area (Å²) in [6.07, 6.45) is 1.47. The van der Waals surface area contributed by atoms with Crippen molar-refractivity contribution in [2.24, 2.45) is 0 Å². The number of ether oxygens (including phenoxy) is 2. The molecule has 2 nitrogen and oxygen atoms in total. The van der Waals surface area contributed by atoms with Gasteiger partial charge in [-0.15, -0.1) is 11.8 Å². The first-order valence-corrected chi connectivity index (χ1v) is 7.18. The fourth-order valence-electron chi connectivity index (χ4n) is 1.93. The van der Waals surface area contributed by atoms with E-state index in [0.29, 0.717) is 36.7 Å². The molecule has 0 amide bonds. The molecular formula is C17H23FO2. The molecule has 0 aromatic heterocycles. The van der Waals surface area contributed by atoms with Crippen LogP contribution in [0.25, 0.3) is 0 Å². The number of benzene rings is 1. The standard InChI is InChI=1S/C17H23FO2/c1-5-8-9-10-13(4)14-11-16(19-6-2)17(20-7-3)12-15(14)18/h11-13H,5-7,10H2,1-4H3. The lowest BCUT2D eigenvalue weighted by molar-refractivity contribution is 0.285. The summed E-state index contributed by atoms with van der Waals surface area (Å²) in [5.41, 5.74) is 0.627. The summed E-state index contributed by atoms with van der Waals surface area (Å²) in [6, 6.07) is 3.15. The van der Waals surface area contributed by atoms with Crippen molar-refractivity contribution in [3.05, 3.63) is 23.5 Å². The molecule has 0 N–H and O–H groups in total. The summed E-state index contributed by atoms with van der Waals surface area (Å²) < 4.78 is 25.1. The number of hydrogen-bond acceptors (Lipinski definition) is 2. The van der Waals surface area contributed by atoms with Crippen molar-refractivity contribution in [1.82, 2.24) is 0 Å². The van der Waals surface area contributed by atoms with Crippen LogP contribution in [0.15, 0.2) is 12.1 Å². The van der Waals surface area contributed by atoms with Crippen LogP contribution in [0.4, 0.5) is 4.39 Å². The molecule has 0 saturated heterocycles. The third-order valence-corrected chi connectivity index (χ3v) is 2.90. The van der Waals surface area contributed by atoms with E-state index in [1.54, 1.807) is 6.07 Å². The van der Waals surface area contributed by atoms with Gasteiger partial charge < -0.3 is 9.47 Å². The molecule has 0 heterocycles. The Bertz CT molecular complexity index is 486. The first kappa shape index (κ1) is 16.4. The molecule has 1 aromatic carbocycles. The van der Waals surface area contributed by atoms with Gasteiger partial charge in [-0.25, -0.2) is 4.39 Å². The summed E-state index contributed by atoms with van der Waals surface area (Å²) in [5.74, 6) is 6.90. The van der Waals surface area contributed by atoms with E-state index in [9.17, 15) is 4.39 Å². The Balaban J connectivity index is 3.04. The average Bonchev–Trinajstić information content (AvgIpc) is 2.42. The van der Waals surface area contributed by atoms with Gasteiger partial charge in [-0.3, -0.25) is 0 Å². The van der Waals surface area contributed by atoms with E-state index in [-0.39, 0.29) is 11.7 Å². The van der Waals surface area contributed by atoms with Gasteiger partial charge in [-0.2, -0.15) is 0 Å². The second kappa shape index (κ2) is 8.47. The van der Waals surface area contributed by atoms with Gasteiger partial charge in [0.2, 0.25) is 0 Å². The van der Waals surface area contributed by atoms with E-state index in [4.69, 9.17) is 9.47 Å². The quantitative estimate of drug-likeness (QED) is 0.712. The Kier molecular flexibility index (Phi) is 6.93. The molecule has 0 aliphatic heterocycles. The molecule has 3 heteroatoms. The summed E-state index contributed by atoms with van der Waals surface area (Å²) in [6.45, 7) is 8.74. The van der Waals surface area contributed by atoms with Crippen molar-refractivity contribution in [3.63, 3.8) is 0 Å². The van der Waals surface area contributed by atoms with Gasteiger partial charge in [0.05, 0.1) is 13.2 Å². The highest BCUT2D eigenvalue weighted by Gasteiger charge is 2.16. The number of rotatable bonds is 6. The highest BCUT2D eigenvalue weighted by Crippen LogP contribution is 2.34. The normalized spacial score (nSPS) is 11.4. The maximum absolute atomic E-state index is 14.2.